The number of methoxy groups -OCH3 is 1. The van der Waals surface area contributed by atoms with Crippen molar-refractivity contribution in [2.75, 3.05) is 27.2 Å². The average Bonchev–Trinajstić information content (AvgIpc) is 3.08. The minimum absolute atomic E-state index is 0.277. The summed E-state index contributed by atoms with van der Waals surface area (Å²) in [6, 6.07) is 0.356. The van der Waals surface area contributed by atoms with Crippen LogP contribution < -0.4 is 5.32 Å². The Kier molecular flexibility index (Phi) is 5.47. The number of alkyl halides is 2. The molecule has 0 heterocycles. The second-order valence-electron chi connectivity index (χ2n) is 5.15. The minimum atomic E-state index is -2.35. The van der Waals surface area contributed by atoms with Crippen LogP contribution in [0.1, 0.15) is 26.2 Å². The van der Waals surface area contributed by atoms with Crippen molar-refractivity contribution < 1.29 is 18.3 Å². The monoisotopic (exact) mass is 264 g/mol. The Morgan fingerprint density at radius 3 is 2.61 bits per heavy atom. The molecule has 0 aliphatic heterocycles. The van der Waals surface area contributed by atoms with E-state index in [4.69, 9.17) is 4.74 Å². The van der Waals surface area contributed by atoms with Gasteiger partial charge in [0.25, 0.3) is 6.43 Å². The topological polar surface area (TPSA) is 41.6 Å². The number of carbonyl (C=O) groups is 1. The van der Waals surface area contributed by atoms with Crippen LogP contribution in [0, 0.1) is 0 Å². The molecule has 1 rings (SSSR count). The van der Waals surface area contributed by atoms with Gasteiger partial charge in [-0.1, -0.05) is 0 Å². The molecule has 0 amide bonds. The fraction of sp³-hybridized carbons (Fsp3) is 0.917. The second kappa shape index (κ2) is 6.43. The number of carbonyl (C=O) groups excluding carboxylic acids is 1. The molecular weight excluding hydrogens is 242 g/mol. The Labute approximate surface area is 107 Å². The lowest BCUT2D eigenvalue weighted by atomic mass is 9.97. The van der Waals surface area contributed by atoms with Gasteiger partial charge < -0.3 is 9.64 Å². The first kappa shape index (κ1) is 15.3. The van der Waals surface area contributed by atoms with Crippen molar-refractivity contribution in [3.8, 4) is 0 Å². The number of hydrogen-bond donors (Lipinski definition) is 1. The van der Waals surface area contributed by atoms with Crippen LogP contribution in [-0.2, 0) is 9.53 Å². The minimum Gasteiger partial charge on any atom is -0.468 e. The van der Waals surface area contributed by atoms with Crippen LogP contribution in [0.4, 0.5) is 8.78 Å². The Morgan fingerprint density at radius 2 is 2.17 bits per heavy atom. The van der Waals surface area contributed by atoms with Crippen LogP contribution in [0.5, 0.6) is 0 Å². The molecule has 0 bridgehead atoms. The van der Waals surface area contributed by atoms with Gasteiger partial charge in [0, 0.05) is 12.6 Å². The quantitative estimate of drug-likeness (QED) is 0.670. The largest absolute Gasteiger partial charge is 0.468 e. The summed E-state index contributed by atoms with van der Waals surface area (Å²) < 4.78 is 29.2. The number of nitrogens with one attached hydrogen (secondary N) is 1. The maximum atomic E-state index is 12.2. The van der Waals surface area contributed by atoms with E-state index in [0.717, 1.165) is 12.8 Å². The molecule has 1 unspecified atom stereocenters. The zero-order valence-corrected chi connectivity index (χ0v) is 11.2. The van der Waals surface area contributed by atoms with Gasteiger partial charge in [0.15, 0.2) is 0 Å². The summed E-state index contributed by atoms with van der Waals surface area (Å²) in [4.78, 5) is 13.3. The predicted octanol–water partition coefficient (Wildman–Crippen LogP) is 1.26. The highest BCUT2D eigenvalue weighted by atomic mass is 19.3. The third kappa shape index (κ3) is 4.86. The predicted molar refractivity (Wildman–Crippen MR) is 64.7 cm³/mol. The first-order valence-electron chi connectivity index (χ1n) is 6.20. The lowest BCUT2D eigenvalue weighted by molar-refractivity contribution is -0.148. The number of hydrogen-bond acceptors (Lipinski definition) is 4. The number of ether oxygens (including phenoxy) is 1. The first-order chi connectivity index (χ1) is 8.37. The summed E-state index contributed by atoms with van der Waals surface area (Å²) in [5, 5.41) is 3.24. The molecule has 1 aliphatic rings. The maximum absolute atomic E-state index is 12.2. The molecule has 0 aromatic carbocycles. The van der Waals surface area contributed by atoms with Crippen LogP contribution in [0.2, 0.25) is 0 Å². The van der Waals surface area contributed by atoms with Crippen LogP contribution in [-0.4, -0.2) is 56.1 Å². The molecule has 106 valence electrons. The summed E-state index contributed by atoms with van der Waals surface area (Å²) in [6.45, 7) is 1.92. The fourth-order valence-electron chi connectivity index (χ4n) is 1.88. The smallest absolute Gasteiger partial charge is 0.325 e. The summed E-state index contributed by atoms with van der Waals surface area (Å²) in [5.41, 5.74) is -0.785. The summed E-state index contributed by atoms with van der Waals surface area (Å²) in [7, 11) is 2.97. The molecule has 1 N–H and O–H groups in total. The van der Waals surface area contributed by atoms with E-state index in [2.05, 4.69) is 5.32 Å². The standard InChI is InChI=1S/C12H22F2N2O2/c1-12(11(17)18-3,15-9-4-5-9)6-7-16(2)8-10(13)14/h9-10,15H,4-8H2,1-3H3. The molecule has 1 aliphatic carbocycles. The van der Waals surface area contributed by atoms with Gasteiger partial charge in [-0.15, -0.1) is 0 Å². The van der Waals surface area contributed by atoms with E-state index in [0.29, 0.717) is 19.0 Å². The highest BCUT2D eigenvalue weighted by molar-refractivity contribution is 5.80. The average molecular weight is 264 g/mol. The highest BCUT2D eigenvalue weighted by Gasteiger charge is 2.39. The molecule has 4 nitrogen and oxygen atoms in total. The van der Waals surface area contributed by atoms with Crippen LogP contribution in [0.25, 0.3) is 0 Å². The molecular formula is C12H22F2N2O2. The van der Waals surface area contributed by atoms with E-state index >= 15 is 0 Å². The molecule has 0 aromatic heterocycles. The second-order valence-corrected chi connectivity index (χ2v) is 5.15. The van der Waals surface area contributed by atoms with Crippen molar-refractivity contribution >= 4 is 5.97 Å². The van der Waals surface area contributed by atoms with Gasteiger partial charge in [-0.2, -0.15) is 0 Å². The molecule has 6 heteroatoms. The highest BCUT2D eigenvalue weighted by Crippen LogP contribution is 2.25. The van der Waals surface area contributed by atoms with Gasteiger partial charge in [-0.05, 0) is 33.2 Å². The van der Waals surface area contributed by atoms with E-state index < -0.39 is 12.0 Å². The normalized spacial score (nSPS) is 19.1. The van der Waals surface area contributed by atoms with Crippen molar-refractivity contribution in [1.82, 2.24) is 10.2 Å². The third-order valence-electron chi connectivity index (χ3n) is 3.18. The van der Waals surface area contributed by atoms with Gasteiger partial charge in [-0.3, -0.25) is 10.1 Å². The summed E-state index contributed by atoms with van der Waals surface area (Å²) in [6.07, 6.45) is 0.217. The van der Waals surface area contributed by atoms with Crippen molar-refractivity contribution in [1.29, 1.82) is 0 Å². The van der Waals surface area contributed by atoms with Gasteiger partial charge in [0.05, 0.1) is 13.7 Å². The molecule has 0 aromatic rings. The number of nitrogens with zero attached hydrogens (tertiary/aromatic N) is 1. The van der Waals surface area contributed by atoms with E-state index in [9.17, 15) is 13.6 Å². The lowest BCUT2D eigenvalue weighted by Crippen LogP contribution is -2.52. The number of rotatable bonds is 8. The van der Waals surface area contributed by atoms with Gasteiger partial charge in [0.2, 0.25) is 0 Å². The van der Waals surface area contributed by atoms with Crippen molar-refractivity contribution in [3.63, 3.8) is 0 Å². The molecule has 1 saturated carbocycles. The van der Waals surface area contributed by atoms with E-state index in [1.54, 1.807) is 14.0 Å². The first-order valence-corrected chi connectivity index (χ1v) is 6.20. The zero-order valence-electron chi connectivity index (χ0n) is 11.2. The Morgan fingerprint density at radius 1 is 1.56 bits per heavy atom. The van der Waals surface area contributed by atoms with Crippen molar-refractivity contribution in [3.05, 3.63) is 0 Å². The molecule has 0 radical (unpaired) electrons. The molecule has 0 saturated heterocycles. The van der Waals surface area contributed by atoms with Gasteiger partial charge >= 0.3 is 5.97 Å². The SMILES string of the molecule is COC(=O)C(C)(CCN(C)CC(F)F)NC1CC1. The van der Waals surface area contributed by atoms with Gasteiger partial charge in [-0.25, -0.2) is 8.78 Å². The lowest BCUT2D eigenvalue weighted by Gasteiger charge is -2.30. The Bertz CT molecular complexity index is 285. The Hall–Kier alpha value is -0.750. The molecule has 1 fully saturated rings. The van der Waals surface area contributed by atoms with E-state index in [-0.39, 0.29) is 12.5 Å². The van der Waals surface area contributed by atoms with Crippen LogP contribution in [0.15, 0.2) is 0 Å². The molecule has 18 heavy (non-hydrogen) atoms. The fourth-order valence-corrected chi connectivity index (χ4v) is 1.88. The van der Waals surface area contributed by atoms with E-state index in [1.165, 1.54) is 12.0 Å². The van der Waals surface area contributed by atoms with E-state index in [1.807, 2.05) is 0 Å². The molecule has 1 atom stereocenters. The van der Waals surface area contributed by atoms with Crippen molar-refractivity contribution in [2.24, 2.45) is 0 Å². The van der Waals surface area contributed by atoms with Crippen molar-refractivity contribution in [2.45, 2.75) is 44.2 Å². The zero-order chi connectivity index (χ0) is 13.8. The molecule has 0 spiro atoms. The summed E-state index contributed by atoms with van der Waals surface area (Å²) >= 11 is 0. The number of esters is 1. The number of halogens is 2. The Balaban J connectivity index is 2.47. The summed E-state index contributed by atoms with van der Waals surface area (Å²) in [5.74, 6) is -0.333. The maximum Gasteiger partial charge on any atom is 0.325 e. The van der Waals surface area contributed by atoms with Crippen LogP contribution >= 0.6 is 0 Å². The third-order valence-corrected chi connectivity index (χ3v) is 3.18. The van der Waals surface area contributed by atoms with Crippen LogP contribution in [0.3, 0.4) is 0 Å². The van der Waals surface area contributed by atoms with Gasteiger partial charge in [0.1, 0.15) is 5.54 Å².